The predicted octanol–water partition coefficient (Wildman–Crippen LogP) is 3.63. The van der Waals surface area contributed by atoms with Gasteiger partial charge in [0.1, 0.15) is 15.7 Å². The first kappa shape index (κ1) is 16.3. The zero-order valence-corrected chi connectivity index (χ0v) is 13.9. The summed E-state index contributed by atoms with van der Waals surface area (Å²) in [6.45, 7) is 2.32. The summed E-state index contributed by atoms with van der Waals surface area (Å²) >= 11 is 1.37. The zero-order valence-electron chi connectivity index (χ0n) is 13.1. The van der Waals surface area contributed by atoms with E-state index in [1.165, 1.54) is 23.5 Å². The van der Waals surface area contributed by atoms with Crippen LogP contribution in [0.15, 0.2) is 48.8 Å². The van der Waals surface area contributed by atoms with Gasteiger partial charge in [-0.15, -0.1) is 11.3 Å². The Labute approximate surface area is 143 Å². The fraction of sp³-hybridized carbons (Fsp3) is 0.167. The van der Waals surface area contributed by atoms with Gasteiger partial charge in [-0.1, -0.05) is 12.1 Å². The molecule has 0 saturated carbocycles. The summed E-state index contributed by atoms with van der Waals surface area (Å²) < 4.78 is 12.9. The highest BCUT2D eigenvalue weighted by Gasteiger charge is 2.15. The first-order valence-corrected chi connectivity index (χ1v) is 8.35. The summed E-state index contributed by atoms with van der Waals surface area (Å²) in [5.41, 5.74) is 2.64. The van der Waals surface area contributed by atoms with E-state index in [-0.39, 0.29) is 11.7 Å². The van der Waals surface area contributed by atoms with Gasteiger partial charge in [0.2, 0.25) is 0 Å². The van der Waals surface area contributed by atoms with E-state index in [4.69, 9.17) is 0 Å². The van der Waals surface area contributed by atoms with E-state index in [0.717, 1.165) is 16.1 Å². The molecule has 0 atom stereocenters. The topological polar surface area (TPSA) is 54.9 Å². The number of hydrogen-bond donors (Lipinski definition) is 1. The molecule has 0 aliphatic heterocycles. The normalized spacial score (nSPS) is 10.6. The van der Waals surface area contributed by atoms with Crippen LogP contribution in [0.3, 0.4) is 0 Å². The van der Waals surface area contributed by atoms with Gasteiger partial charge in [-0.3, -0.25) is 9.78 Å². The Balaban J connectivity index is 1.63. The average Bonchev–Trinajstić information content (AvgIpc) is 2.99. The van der Waals surface area contributed by atoms with Crippen LogP contribution < -0.4 is 5.32 Å². The lowest BCUT2D eigenvalue weighted by atomic mass is 10.1. The molecular weight excluding hydrogens is 325 g/mol. The van der Waals surface area contributed by atoms with Gasteiger partial charge >= 0.3 is 0 Å². The molecule has 0 bridgehead atoms. The maximum absolute atomic E-state index is 12.9. The van der Waals surface area contributed by atoms with Gasteiger partial charge in [-0.05, 0) is 43.2 Å². The molecule has 4 nitrogen and oxygen atoms in total. The van der Waals surface area contributed by atoms with Gasteiger partial charge in [0, 0.05) is 24.5 Å². The van der Waals surface area contributed by atoms with Crippen LogP contribution in [0.1, 0.15) is 20.9 Å². The maximum Gasteiger partial charge on any atom is 0.263 e. The SMILES string of the molecule is Cc1nc(-c2ccncc2)sc1C(=O)NCCc1ccc(F)cc1. The van der Waals surface area contributed by atoms with Crippen LogP contribution in [0.5, 0.6) is 0 Å². The van der Waals surface area contributed by atoms with Crippen molar-refractivity contribution in [2.75, 3.05) is 6.54 Å². The summed E-state index contributed by atoms with van der Waals surface area (Å²) in [6, 6.07) is 10.0. The lowest BCUT2D eigenvalue weighted by Gasteiger charge is -2.04. The molecule has 0 fully saturated rings. The number of carbonyl (C=O) groups is 1. The molecule has 2 heterocycles. The summed E-state index contributed by atoms with van der Waals surface area (Å²) in [5, 5.41) is 3.70. The summed E-state index contributed by atoms with van der Waals surface area (Å²) in [7, 11) is 0. The molecule has 2 aromatic heterocycles. The van der Waals surface area contributed by atoms with Crippen LogP contribution in [0.25, 0.3) is 10.6 Å². The van der Waals surface area contributed by atoms with Crippen molar-refractivity contribution in [1.29, 1.82) is 0 Å². The Kier molecular flexibility index (Phi) is 4.96. The second-order valence-corrected chi connectivity index (χ2v) is 6.30. The van der Waals surface area contributed by atoms with E-state index in [0.29, 0.717) is 23.5 Å². The van der Waals surface area contributed by atoms with Crippen LogP contribution in [-0.4, -0.2) is 22.4 Å². The van der Waals surface area contributed by atoms with Crippen molar-refractivity contribution in [2.45, 2.75) is 13.3 Å². The fourth-order valence-electron chi connectivity index (χ4n) is 2.28. The lowest BCUT2D eigenvalue weighted by molar-refractivity contribution is 0.0957. The highest BCUT2D eigenvalue weighted by atomic mass is 32.1. The molecule has 122 valence electrons. The molecule has 0 radical (unpaired) electrons. The molecule has 0 unspecified atom stereocenters. The number of carbonyl (C=O) groups excluding carboxylic acids is 1. The average molecular weight is 341 g/mol. The first-order valence-electron chi connectivity index (χ1n) is 7.54. The van der Waals surface area contributed by atoms with Crippen molar-refractivity contribution in [3.8, 4) is 10.6 Å². The van der Waals surface area contributed by atoms with Gasteiger partial charge in [0.05, 0.1) is 5.69 Å². The standard InChI is InChI=1S/C18H16FN3OS/c1-12-16(24-18(22-12)14-7-9-20-10-8-14)17(23)21-11-6-13-2-4-15(19)5-3-13/h2-5,7-10H,6,11H2,1H3,(H,21,23). The van der Waals surface area contributed by atoms with E-state index < -0.39 is 0 Å². The Bertz CT molecular complexity index is 831. The van der Waals surface area contributed by atoms with Crippen LogP contribution in [0, 0.1) is 12.7 Å². The minimum absolute atomic E-state index is 0.132. The Morgan fingerprint density at radius 1 is 1.17 bits per heavy atom. The van der Waals surface area contributed by atoms with Crippen molar-refractivity contribution < 1.29 is 9.18 Å². The number of hydrogen-bond acceptors (Lipinski definition) is 4. The number of aromatic nitrogens is 2. The highest BCUT2D eigenvalue weighted by molar-refractivity contribution is 7.17. The minimum atomic E-state index is -0.258. The molecule has 1 aromatic carbocycles. The number of thiazole rings is 1. The van der Waals surface area contributed by atoms with E-state index in [1.54, 1.807) is 24.5 Å². The number of nitrogens with zero attached hydrogens (tertiary/aromatic N) is 2. The maximum atomic E-state index is 12.9. The molecular formula is C18H16FN3OS. The Hall–Kier alpha value is -2.60. The second kappa shape index (κ2) is 7.31. The van der Waals surface area contributed by atoms with Crippen molar-refractivity contribution in [3.05, 3.63) is 70.7 Å². The predicted molar refractivity (Wildman–Crippen MR) is 92.5 cm³/mol. The van der Waals surface area contributed by atoms with E-state index >= 15 is 0 Å². The van der Waals surface area contributed by atoms with E-state index in [2.05, 4.69) is 15.3 Å². The summed E-state index contributed by atoms with van der Waals surface area (Å²) in [4.78, 5) is 21.4. The Morgan fingerprint density at radius 3 is 2.58 bits per heavy atom. The third-order valence-electron chi connectivity index (χ3n) is 3.54. The zero-order chi connectivity index (χ0) is 16.9. The number of aryl methyl sites for hydroxylation is 1. The van der Waals surface area contributed by atoms with E-state index in [9.17, 15) is 9.18 Å². The van der Waals surface area contributed by atoms with Crippen molar-refractivity contribution in [3.63, 3.8) is 0 Å². The third kappa shape index (κ3) is 3.83. The summed E-state index contributed by atoms with van der Waals surface area (Å²) in [6.07, 6.45) is 4.06. The highest BCUT2D eigenvalue weighted by Crippen LogP contribution is 2.27. The largest absolute Gasteiger partial charge is 0.351 e. The van der Waals surface area contributed by atoms with Gasteiger partial charge < -0.3 is 5.32 Å². The van der Waals surface area contributed by atoms with E-state index in [1.807, 2.05) is 19.1 Å². The first-order chi connectivity index (χ1) is 11.6. The van der Waals surface area contributed by atoms with Crippen LogP contribution >= 0.6 is 11.3 Å². The number of nitrogens with one attached hydrogen (secondary N) is 1. The molecule has 1 N–H and O–H groups in total. The third-order valence-corrected chi connectivity index (χ3v) is 4.75. The molecule has 24 heavy (non-hydrogen) atoms. The molecule has 0 aliphatic rings. The van der Waals surface area contributed by atoms with Crippen molar-refractivity contribution in [1.82, 2.24) is 15.3 Å². The molecule has 0 saturated heterocycles. The van der Waals surface area contributed by atoms with Crippen LogP contribution in [0.4, 0.5) is 4.39 Å². The van der Waals surface area contributed by atoms with Gasteiger partial charge in [-0.2, -0.15) is 0 Å². The van der Waals surface area contributed by atoms with Crippen molar-refractivity contribution in [2.24, 2.45) is 0 Å². The number of amides is 1. The Morgan fingerprint density at radius 2 is 1.88 bits per heavy atom. The van der Waals surface area contributed by atoms with Crippen LogP contribution in [-0.2, 0) is 6.42 Å². The van der Waals surface area contributed by atoms with Gasteiger partial charge in [0.25, 0.3) is 5.91 Å². The number of pyridine rings is 1. The van der Waals surface area contributed by atoms with Gasteiger partial charge in [0.15, 0.2) is 0 Å². The lowest BCUT2D eigenvalue weighted by Crippen LogP contribution is -2.25. The molecule has 3 aromatic rings. The molecule has 6 heteroatoms. The second-order valence-electron chi connectivity index (χ2n) is 5.30. The summed E-state index contributed by atoms with van der Waals surface area (Å²) in [5.74, 6) is -0.390. The monoisotopic (exact) mass is 341 g/mol. The number of benzene rings is 1. The fourth-order valence-corrected chi connectivity index (χ4v) is 3.26. The minimum Gasteiger partial charge on any atom is -0.351 e. The number of rotatable bonds is 5. The molecule has 3 rings (SSSR count). The van der Waals surface area contributed by atoms with Gasteiger partial charge in [-0.25, -0.2) is 9.37 Å². The number of halogens is 1. The molecule has 0 spiro atoms. The van der Waals surface area contributed by atoms with Crippen molar-refractivity contribution >= 4 is 17.2 Å². The quantitative estimate of drug-likeness (QED) is 0.771. The van der Waals surface area contributed by atoms with Crippen LogP contribution in [0.2, 0.25) is 0 Å². The smallest absolute Gasteiger partial charge is 0.263 e. The molecule has 0 aliphatic carbocycles. The molecule has 1 amide bonds.